The van der Waals surface area contributed by atoms with E-state index in [1.165, 1.54) is 6.42 Å². The van der Waals surface area contributed by atoms with Crippen molar-refractivity contribution < 1.29 is 4.79 Å². The van der Waals surface area contributed by atoms with E-state index in [0.29, 0.717) is 22.4 Å². The largest absolute Gasteiger partial charge is 0.300 e. The normalized spacial score (nSPS) is 46.7. The monoisotopic (exact) mass is 214 g/mol. The molecule has 2 rings (SSSR count). The van der Waals surface area contributed by atoms with Gasteiger partial charge >= 0.3 is 0 Å². The van der Waals surface area contributed by atoms with Crippen LogP contribution >= 0.6 is 15.9 Å². The highest BCUT2D eigenvalue weighted by atomic mass is 79.9. The highest BCUT2D eigenvalue weighted by molar-refractivity contribution is 9.09. The van der Waals surface area contributed by atoms with Crippen molar-refractivity contribution in [2.45, 2.75) is 18.2 Å². The molecule has 2 bridgehead atoms. The van der Waals surface area contributed by atoms with E-state index in [1.807, 2.05) is 0 Å². The van der Waals surface area contributed by atoms with Gasteiger partial charge in [-0.2, -0.15) is 0 Å². The molecule has 0 radical (unpaired) electrons. The first kappa shape index (κ1) is 7.53. The standard InChI is InChI=1S/C9H11BrO/c1-5(11)8-6-2-3-7(4-6)9(8)10/h2-3,6-9H,4H2,1H3. The molecule has 0 amide bonds. The predicted octanol–water partition coefficient (Wildman–Crippen LogP) is 2.16. The number of carbonyl (C=O) groups is 1. The first-order valence-electron chi connectivity index (χ1n) is 4.03. The molecule has 0 saturated heterocycles. The Morgan fingerprint density at radius 3 is 2.45 bits per heavy atom. The first-order valence-corrected chi connectivity index (χ1v) is 4.94. The summed E-state index contributed by atoms with van der Waals surface area (Å²) < 4.78 is 0. The van der Waals surface area contributed by atoms with Crippen LogP contribution in [0.25, 0.3) is 0 Å². The number of ketones is 1. The molecule has 1 nitrogen and oxygen atoms in total. The van der Waals surface area contributed by atoms with E-state index in [9.17, 15) is 4.79 Å². The molecule has 2 aliphatic rings. The summed E-state index contributed by atoms with van der Waals surface area (Å²) in [7, 11) is 0. The Balaban J connectivity index is 2.25. The van der Waals surface area contributed by atoms with Gasteiger partial charge < -0.3 is 0 Å². The molecule has 0 aromatic heterocycles. The number of rotatable bonds is 1. The minimum Gasteiger partial charge on any atom is -0.300 e. The smallest absolute Gasteiger partial charge is 0.134 e. The molecule has 2 heteroatoms. The molecule has 4 unspecified atom stereocenters. The van der Waals surface area contributed by atoms with Crippen molar-refractivity contribution in [3.05, 3.63) is 12.2 Å². The number of alkyl halides is 1. The maximum Gasteiger partial charge on any atom is 0.134 e. The second-order valence-electron chi connectivity index (χ2n) is 3.53. The van der Waals surface area contributed by atoms with Crippen molar-refractivity contribution in [2.24, 2.45) is 17.8 Å². The Labute approximate surface area is 75.0 Å². The zero-order valence-electron chi connectivity index (χ0n) is 6.46. The predicted molar refractivity (Wildman–Crippen MR) is 47.6 cm³/mol. The number of Topliss-reactive ketones (excluding diaryl/α,β-unsaturated/α-hetero) is 1. The summed E-state index contributed by atoms with van der Waals surface area (Å²) in [6.07, 6.45) is 5.62. The molecule has 0 heterocycles. The molecule has 0 aromatic carbocycles. The molecule has 0 spiro atoms. The molecule has 2 aliphatic carbocycles. The molecule has 11 heavy (non-hydrogen) atoms. The maximum atomic E-state index is 11.2. The Morgan fingerprint density at radius 2 is 2.09 bits per heavy atom. The molecule has 0 aromatic rings. The Bertz CT molecular complexity index is 222. The van der Waals surface area contributed by atoms with Crippen LogP contribution in [-0.2, 0) is 4.79 Å². The van der Waals surface area contributed by atoms with Crippen molar-refractivity contribution in [3.63, 3.8) is 0 Å². The zero-order valence-corrected chi connectivity index (χ0v) is 8.04. The highest BCUT2D eigenvalue weighted by Crippen LogP contribution is 2.47. The van der Waals surface area contributed by atoms with Crippen LogP contribution in [-0.4, -0.2) is 10.6 Å². The molecule has 1 saturated carbocycles. The summed E-state index contributed by atoms with van der Waals surface area (Å²) in [5, 5.41) is 0. The second kappa shape index (κ2) is 2.44. The number of hydrogen-bond donors (Lipinski definition) is 0. The van der Waals surface area contributed by atoms with Gasteiger partial charge in [-0.3, -0.25) is 4.79 Å². The molecule has 0 N–H and O–H groups in total. The van der Waals surface area contributed by atoms with Gasteiger partial charge in [0.2, 0.25) is 0 Å². The van der Waals surface area contributed by atoms with Crippen molar-refractivity contribution in [3.8, 4) is 0 Å². The lowest BCUT2D eigenvalue weighted by Gasteiger charge is -2.19. The van der Waals surface area contributed by atoms with Crippen molar-refractivity contribution in [1.29, 1.82) is 0 Å². The molecule has 4 atom stereocenters. The van der Waals surface area contributed by atoms with Gasteiger partial charge in [-0.1, -0.05) is 28.1 Å². The molecular weight excluding hydrogens is 204 g/mol. The second-order valence-corrected chi connectivity index (χ2v) is 4.59. The van der Waals surface area contributed by atoms with Crippen LogP contribution in [0.4, 0.5) is 0 Å². The van der Waals surface area contributed by atoms with E-state index >= 15 is 0 Å². The zero-order chi connectivity index (χ0) is 8.01. The summed E-state index contributed by atoms with van der Waals surface area (Å²) in [6.45, 7) is 1.70. The van der Waals surface area contributed by atoms with Crippen LogP contribution in [0, 0.1) is 17.8 Å². The number of allylic oxidation sites excluding steroid dienone is 2. The van der Waals surface area contributed by atoms with Crippen molar-refractivity contribution in [1.82, 2.24) is 0 Å². The summed E-state index contributed by atoms with van der Waals surface area (Å²) in [4.78, 5) is 11.6. The fourth-order valence-corrected chi connectivity index (χ4v) is 3.44. The average Bonchev–Trinajstić information content (AvgIpc) is 2.44. The van der Waals surface area contributed by atoms with Gasteiger partial charge in [-0.15, -0.1) is 0 Å². The van der Waals surface area contributed by atoms with E-state index < -0.39 is 0 Å². The van der Waals surface area contributed by atoms with Gasteiger partial charge in [-0.25, -0.2) is 0 Å². The Kier molecular flexibility index (Phi) is 1.67. The third-order valence-corrected chi connectivity index (χ3v) is 4.08. The summed E-state index contributed by atoms with van der Waals surface area (Å²) in [6, 6.07) is 0. The van der Waals surface area contributed by atoms with Crippen LogP contribution in [0.1, 0.15) is 13.3 Å². The average molecular weight is 215 g/mol. The Morgan fingerprint density at radius 1 is 1.45 bits per heavy atom. The molecule has 1 fully saturated rings. The van der Waals surface area contributed by atoms with E-state index in [2.05, 4.69) is 28.1 Å². The summed E-state index contributed by atoms with van der Waals surface area (Å²) in [5.41, 5.74) is 0. The van der Waals surface area contributed by atoms with E-state index in [4.69, 9.17) is 0 Å². The summed E-state index contributed by atoms with van der Waals surface area (Å²) in [5.74, 6) is 1.74. The van der Waals surface area contributed by atoms with Crippen LogP contribution in [0.3, 0.4) is 0 Å². The van der Waals surface area contributed by atoms with Crippen LogP contribution in [0.2, 0.25) is 0 Å². The van der Waals surface area contributed by atoms with Gasteiger partial charge in [0.25, 0.3) is 0 Å². The highest BCUT2D eigenvalue weighted by Gasteiger charge is 2.45. The number of halogens is 1. The first-order chi connectivity index (χ1) is 5.20. The molecular formula is C9H11BrO. The lowest BCUT2D eigenvalue weighted by Crippen LogP contribution is -2.25. The third kappa shape index (κ3) is 0.994. The number of hydrogen-bond acceptors (Lipinski definition) is 1. The quantitative estimate of drug-likeness (QED) is 0.483. The number of carbonyl (C=O) groups excluding carboxylic acids is 1. The van der Waals surface area contributed by atoms with Gasteiger partial charge in [0.15, 0.2) is 0 Å². The number of fused-ring (bicyclic) bond motifs is 2. The van der Waals surface area contributed by atoms with Gasteiger partial charge in [0.05, 0.1) is 0 Å². The van der Waals surface area contributed by atoms with Crippen LogP contribution in [0.5, 0.6) is 0 Å². The lowest BCUT2D eigenvalue weighted by molar-refractivity contribution is -0.121. The van der Waals surface area contributed by atoms with E-state index in [1.54, 1.807) is 6.92 Å². The van der Waals surface area contributed by atoms with Crippen LogP contribution in [0.15, 0.2) is 12.2 Å². The van der Waals surface area contributed by atoms with Crippen molar-refractivity contribution >= 4 is 21.7 Å². The van der Waals surface area contributed by atoms with Gasteiger partial charge in [0.1, 0.15) is 5.78 Å². The van der Waals surface area contributed by atoms with E-state index in [0.717, 1.165) is 0 Å². The van der Waals surface area contributed by atoms with Crippen LogP contribution < -0.4 is 0 Å². The summed E-state index contributed by atoms with van der Waals surface area (Å²) >= 11 is 3.59. The molecule has 60 valence electrons. The topological polar surface area (TPSA) is 17.1 Å². The SMILES string of the molecule is CC(=O)C1C2C=CC(C2)C1Br. The fraction of sp³-hybridized carbons (Fsp3) is 0.667. The molecule has 0 aliphatic heterocycles. The van der Waals surface area contributed by atoms with Gasteiger partial charge in [-0.05, 0) is 25.2 Å². The van der Waals surface area contributed by atoms with Gasteiger partial charge in [0, 0.05) is 10.7 Å². The fourth-order valence-electron chi connectivity index (χ4n) is 2.29. The third-order valence-electron chi connectivity index (χ3n) is 2.83. The van der Waals surface area contributed by atoms with Crippen molar-refractivity contribution in [2.75, 3.05) is 0 Å². The minimum absolute atomic E-state index is 0.255. The minimum atomic E-state index is 0.255. The van der Waals surface area contributed by atoms with E-state index in [-0.39, 0.29) is 5.92 Å². The Hall–Kier alpha value is -0.110. The lowest BCUT2D eigenvalue weighted by atomic mass is 9.90. The maximum absolute atomic E-state index is 11.2.